The molecule has 1 heterocycles. The second kappa shape index (κ2) is 4.58. The van der Waals surface area contributed by atoms with Crippen molar-refractivity contribution in [1.29, 1.82) is 0 Å². The molecule has 2 fully saturated rings. The van der Waals surface area contributed by atoms with Crippen molar-refractivity contribution < 1.29 is 14.3 Å². The molecule has 16 heavy (non-hydrogen) atoms. The van der Waals surface area contributed by atoms with Gasteiger partial charge in [-0.3, -0.25) is 4.79 Å². The number of allylic oxidation sites excluding steroid dienone is 1. The Kier molecular flexibility index (Phi) is 3.33. The first-order chi connectivity index (χ1) is 7.73. The van der Waals surface area contributed by atoms with Crippen molar-refractivity contribution in [3.63, 3.8) is 0 Å². The van der Waals surface area contributed by atoms with Gasteiger partial charge in [-0.15, -0.1) is 0 Å². The Morgan fingerprint density at radius 1 is 1.50 bits per heavy atom. The van der Waals surface area contributed by atoms with Crippen LogP contribution in [0, 0.1) is 5.92 Å². The van der Waals surface area contributed by atoms with Crippen LogP contribution in [0.3, 0.4) is 0 Å². The van der Waals surface area contributed by atoms with Crippen molar-refractivity contribution in [2.24, 2.45) is 5.92 Å². The molecule has 3 nitrogen and oxygen atoms in total. The van der Waals surface area contributed by atoms with E-state index in [1.54, 1.807) is 0 Å². The third kappa shape index (κ3) is 2.01. The molecule has 3 heteroatoms. The summed E-state index contributed by atoms with van der Waals surface area (Å²) in [6.07, 6.45) is 9.46. The Morgan fingerprint density at radius 2 is 2.31 bits per heavy atom. The quantitative estimate of drug-likeness (QED) is 0.409. The molecule has 1 saturated carbocycles. The number of methoxy groups -OCH3 is 1. The average molecular weight is 224 g/mol. The summed E-state index contributed by atoms with van der Waals surface area (Å²) in [6.45, 7) is 2.12. The first kappa shape index (κ1) is 11.6. The minimum absolute atomic E-state index is 0.0279. The molecule has 1 saturated heterocycles. The molecule has 0 radical (unpaired) electrons. The van der Waals surface area contributed by atoms with Gasteiger partial charge in [0.15, 0.2) is 0 Å². The van der Waals surface area contributed by atoms with Gasteiger partial charge >= 0.3 is 5.97 Å². The number of fused-ring (bicyclic) bond motifs is 1. The Labute approximate surface area is 96.8 Å². The van der Waals surface area contributed by atoms with E-state index >= 15 is 0 Å². The van der Waals surface area contributed by atoms with Gasteiger partial charge in [0.25, 0.3) is 0 Å². The van der Waals surface area contributed by atoms with E-state index in [2.05, 4.69) is 19.1 Å². The normalized spacial score (nSPS) is 36.4. The largest absolute Gasteiger partial charge is 0.469 e. The molecule has 0 aromatic carbocycles. The zero-order chi connectivity index (χ0) is 11.6. The van der Waals surface area contributed by atoms with Gasteiger partial charge in [-0.05, 0) is 25.7 Å². The fourth-order valence-electron chi connectivity index (χ4n) is 2.83. The summed E-state index contributed by atoms with van der Waals surface area (Å²) in [5.74, 6) is 0.242. The molecule has 0 spiro atoms. The fraction of sp³-hybridized carbons (Fsp3) is 0.769. The van der Waals surface area contributed by atoms with Gasteiger partial charge in [-0.1, -0.05) is 19.1 Å². The summed E-state index contributed by atoms with van der Waals surface area (Å²) in [5.41, 5.74) is -0.0279. The van der Waals surface area contributed by atoms with E-state index in [9.17, 15) is 4.79 Å². The summed E-state index contributed by atoms with van der Waals surface area (Å²) in [7, 11) is 1.45. The zero-order valence-corrected chi connectivity index (χ0v) is 10.1. The lowest BCUT2D eigenvalue weighted by Gasteiger charge is -2.18. The molecule has 0 amide bonds. The summed E-state index contributed by atoms with van der Waals surface area (Å²) >= 11 is 0. The van der Waals surface area contributed by atoms with Gasteiger partial charge in [-0.25, -0.2) is 0 Å². The van der Waals surface area contributed by atoms with Gasteiger partial charge in [0.2, 0.25) is 0 Å². The van der Waals surface area contributed by atoms with Crippen LogP contribution in [0.15, 0.2) is 12.2 Å². The second-order valence-corrected chi connectivity index (χ2v) is 4.70. The third-order valence-corrected chi connectivity index (χ3v) is 3.80. The molecule has 2 aliphatic rings. The smallest absolute Gasteiger partial charge is 0.305 e. The van der Waals surface area contributed by atoms with Gasteiger partial charge in [0, 0.05) is 5.92 Å². The number of hydrogen-bond donors (Lipinski definition) is 0. The summed E-state index contributed by atoms with van der Waals surface area (Å²) < 4.78 is 10.5. The van der Waals surface area contributed by atoms with E-state index in [-0.39, 0.29) is 11.6 Å². The van der Waals surface area contributed by atoms with Gasteiger partial charge in [0.05, 0.1) is 19.6 Å². The van der Waals surface area contributed by atoms with Gasteiger partial charge in [-0.2, -0.15) is 0 Å². The molecular formula is C13H20O3. The van der Waals surface area contributed by atoms with E-state index in [0.29, 0.717) is 18.4 Å². The number of carbonyl (C=O) groups excluding carboxylic acids is 1. The summed E-state index contributed by atoms with van der Waals surface area (Å²) in [5, 5.41) is 0. The maximum atomic E-state index is 11.3. The summed E-state index contributed by atoms with van der Waals surface area (Å²) in [6, 6.07) is 0. The maximum absolute atomic E-state index is 11.3. The molecule has 3 atom stereocenters. The number of rotatable bonds is 5. The molecule has 0 unspecified atom stereocenters. The highest BCUT2D eigenvalue weighted by Crippen LogP contribution is 2.57. The van der Waals surface area contributed by atoms with Crippen molar-refractivity contribution >= 4 is 5.97 Å². The van der Waals surface area contributed by atoms with Crippen molar-refractivity contribution in [3.8, 4) is 0 Å². The SMILES string of the molecule is CC/C=C\C[C@@]12O[C@@H]1CC[C@@H]2CC(=O)OC. The van der Waals surface area contributed by atoms with Crippen LogP contribution in [-0.4, -0.2) is 24.8 Å². The molecule has 0 aromatic heterocycles. The summed E-state index contributed by atoms with van der Waals surface area (Å²) in [4.78, 5) is 11.3. The second-order valence-electron chi connectivity index (χ2n) is 4.70. The van der Waals surface area contributed by atoms with E-state index in [0.717, 1.165) is 25.7 Å². The molecule has 1 aliphatic heterocycles. The number of ether oxygens (including phenoxy) is 2. The van der Waals surface area contributed by atoms with Crippen LogP contribution in [0.2, 0.25) is 0 Å². The first-order valence-corrected chi connectivity index (χ1v) is 6.12. The van der Waals surface area contributed by atoms with Gasteiger partial charge < -0.3 is 9.47 Å². The van der Waals surface area contributed by atoms with Gasteiger partial charge in [0.1, 0.15) is 5.60 Å². The lowest BCUT2D eigenvalue weighted by molar-refractivity contribution is -0.142. The highest BCUT2D eigenvalue weighted by atomic mass is 16.6. The first-order valence-electron chi connectivity index (χ1n) is 6.12. The standard InChI is InChI=1S/C13H20O3/c1-3-4-5-8-13-10(9-12(14)15-2)6-7-11(13)16-13/h4-5,10-11H,3,6-9H2,1-2H3/b5-4-/t10-,11-,13+/m1/s1. The zero-order valence-electron chi connectivity index (χ0n) is 10.1. The number of epoxide rings is 1. The Bertz CT molecular complexity index is 298. The average Bonchev–Trinajstić information content (AvgIpc) is 2.91. The molecule has 2 rings (SSSR count). The van der Waals surface area contributed by atoms with E-state index in [1.807, 2.05) is 0 Å². The lowest BCUT2D eigenvalue weighted by Crippen LogP contribution is -2.24. The van der Waals surface area contributed by atoms with Crippen LogP contribution in [0.1, 0.15) is 39.0 Å². The van der Waals surface area contributed by atoms with Crippen LogP contribution >= 0.6 is 0 Å². The van der Waals surface area contributed by atoms with Crippen LogP contribution in [-0.2, 0) is 14.3 Å². The van der Waals surface area contributed by atoms with E-state index in [4.69, 9.17) is 9.47 Å². The molecule has 90 valence electrons. The maximum Gasteiger partial charge on any atom is 0.305 e. The molecule has 1 aliphatic carbocycles. The van der Waals surface area contributed by atoms with Crippen LogP contribution in [0.25, 0.3) is 0 Å². The molecule has 0 bridgehead atoms. The van der Waals surface area contributed by atoms with Crippen LogP contribution < -0.4 is 0 Å². The predicted molar refractivity (Wildman–Crippen MR) is 61.0 cm³/mol. The van der Waals surface area contributed by atoms with Crippen LogP contribution in [0.5, 0.6) is 0 Å². The highest BCUT2D eigenvalue weighted by molar-refractivity contribution is 5.69. The lowest BCUT2D eigenvalue weighted by atomic mass is 9.88. The van der Waals surface area contributed by atoms with Crippen molar-refractivity contribution in [2.45, 2.75) is 50.7 Å². The number of esters is 1. The minimum atomic E-state index is -0.111. The van der Waals surface area contributed by atoms with Crippen molar-refractivity contribution in [3.05, 3.63) is 12.2 Å². The third-order valence-electron chi connectivity index (χ3n) is 3.80. The molecule has 0 aromatic rings. The molecule has 0 N–H and O–H groups in total. The Hall–Kier alpha value is -0.830. The minimum Gasteiger partial charge on any atom is -0.469 e. The number of carbonyl (C=O) groups is 1. The monoisotopic (exact) mass is 224 g/mol. The predicted octanol–water partition coefficient (Wildman–Crippen LogP) is 2.45. The fourth-order valence-corrected chi connectivity index (χ4v) is 2.83. The Balaban J connectivity index is 1.93. The van der Waals surface area contributed by atoms with E-state index in [1.165, 1.54) is 7.11 Å². The van der Waals surface area contributed by atoms with E-state index < -0.39 is 0 Å². The Morgan fingerprint density at radius 3 is 2.94 bits per heavy atom. The molecular weight excluding hydrogens is 204 g/mol. The van der Waals surface area contributed by atoms with Crippen molar-refractivity contribution in [1.82, 2.24) is 0 Å². The highest BCUT2D eigenvalue weighted by Gasteiger charge is 2.64. The van der Waals surface area contributed by atoms with Crippen molar-refractivity contribution in [2.75, 3.05) is 7.11 Å². The topological polar surface area (TPSA) is 38.8 Å². The van der Waals surface area contributed by atoms with Crippen LogP contribution in [0.4, 0.5) is 0 Å². The number of hydrogen-bond acceptors (Lipinski definition) is 3.